The molecule has 1 aromatic heterocycles. The van der Waals surface area contributed by atoms with Gasteiger partial charge in [-0.2, -0.15) is 0 Å². The molecule has 3 rings (SSSR count). The van der Waals surface area contributed by atoms with Crippen LogP contribution in [0.1, 0.15) is 51.5 Å². The van der Waals surface area contributed by atoms with Crippen LogP contribution in [0.25, 0.3) is 0 Å². The van der Waals surface area contributed by atoms with E-state index in [2.05, 4.69) is 49.1 Å². The van der Waals surface area contributed by atoms with Crippen LogP contribution in [0.3, 0.4) is 0 Å². The largest absolute Gasteiger partial charge is 0.331 e. The number of nitrogens with zero attached hydrogens (tertiary/aromatic N) is 1. The fourth-order valence-electron chi connectivity index (χ4n) is 3.15. The highest BCUT2D eigenvalue weighted by molar-refractivity contribution is 7.14. The van der Waals surface area contributed by atoms with Gasteiger partial charge in [-0.15, -0.1) is 11.3 Å². The standard InChI is InChI=1S/C18H21NOS/c1-3-14-12-17(21-13(14)2)18(20)19-11-7-10-16(19)15-8-5-4-6-9-15/h4-6,8-9,12,16H,3,7,10-11H2,1-2H3. The van der Waals surface area contributed by atoms with E-state index in [9.17, 15) is 4.79 Å². The van der Waals surface area contributed by atoms with Crippen molar-refractivity contribution in [2.45, 2.75) is 39.2 Å². The smallest absolute Gasteiger partial charge is 0.264 e. The summed E-state index contributed by atoms with van der Waals surface area (Å²) in [6, 6.07) is 12.7. The molecule has 1 unspecified atom stereocenters. The van der Waals surface area contributed by atoms with Gasteiger partial charge < -0.3 is 4.90 Å². The molecule has 2 aromatic rings. The Labute approximate surface area is 130 Å². The molecule has 0 aliphatic carbocycles. The number of rotatable bonds is 3. The van der Waals surface area contributed by atoms with Gasteiger partial charge in [0.25, 0.3) is 5.91 Å². The molecule has 21 heavy (non-hydrogen) atoms. The fourth-order valence-corrected chi connectivity index (χ4v) is 4.22. The topological polar surface area (TPSA) is 20.3 Å². The van der Waals surface area contributed by atoms with Gasteiger partial charge >= 0.3 is 0 Å². The summed E-state index contributed by atoms with van der Waals surface area (Å²) in [6.45, 7) is 5.13. The zero-order chi connectivity index (χ0) is 14.8. The Morgan fingerprint density at radius 3 is 2.76 bits per heavy atom. The molecule has 1 fully saturated rings. The molecule has 0 spiro atoms. The number of carbonyl (C=O) groups is 1. The average Bonchev–Trinajstić information content (AvgIpc) is 3.14. The minimum absolute atomic E-state index is 0.203. The molecule has 0 saturated carbocycles. The molecule has 1 atom stereocenters. The van der Waals surface area contributed by atoms with Gasteiger partial charge in [-0.25, -0.2) is 0 Å². The van der Waals surface area contributed by atoms with Crippen molar-refractivity contribution in [1.29, 1.82) is 0 Å². The first-order chi connectivity index (χ1) is 10.2. The summed E-state index contributed by atoms with van der Waals surface area (Å²) in [5, 5.41) is 0. The third-order valence-electron chi connectivity index (χ3n) is 4.31. The SMILES string of the molecule is CCc1cc(C(=O)N2CCCC2c2ccccc2)sc1C. The number of benzene rings is 1. The molecule has 3 heteroatoms. The van der Waals surface area contributed by atoms with Crippen LogP contribution in [0.15, 0.2) is 36.4 Å². The minimum Gasteiger partial charge on any atom is -0.331 e. The van der Waals surface area contributed by atoms with Gasteiger partial charge in [0.1, 0.15) is 0 Å². The third-order valence-corrected chi connectivity index (χ3v) is 5.39. The zero-order valence-corrected chi connectivity index (χ0v) is 13.5. The monoisotopic (exact) mass is 299 g/mol. The van der Waals surface area contributed by atoms with Gasteiger partial charge in [-0.1, -0.05) is 37.3 Å². The molecule has 0 radical (unpaired) electrons. The molecule has 1 aromatic carbocycles. The lowest BCUT2D eigenvalue weighted by Crippen LogP contribution is -2.29. The highest BCUT2D eigenvalue weighted by atomic mass is 32.1. The van der Waals surface area contributed by atoms with Crippen LogP contribution in [0.2, 0.25) is 0 Å². The number of hydrogen-bond donors (Lipinski definition) is 0. The molecular formula is C18H21NOS. The van der Waals surface area contributed by atoms with Crippen molar-refractivity contribution in [3.63, 3.8) is 0 Å². The number of carbonyl (C=O) groups excluding carboxylic acids is 1. The molecule has 0 N–H and O–H groups in total. The minimum atomic E-state index is 0.203. The van der Waals surface area contributed by atoms with E-state index in [1.54, 1.807) is 11.3 Å². The molecule has 0 bridgehead atoms. The molecule has 2 heterocycles. The second-order valence-electron chi connectivity index (χ2n) is 5.61. The normalized spacial score (nSPS) is 18.2. The van der Waals surface area contributed by atoms with E-state index in [0.29, 0.717) is 0 Å². The van der Waals surface area contributed by atoms with Crippen LogP contribution in [-0.4, -0.2) is 17.4 Å². The lowest BCUT2D eigenvalue weighted by Gasteiger charge is -2.24. The Hall–Kier alpha value is -1.61. The highest BCUT2D eigenvalue weighted by Gasteiger charge is 2.31. The summed E-state index contributed by atoms with van der Waals surface area (Å²) in [5.74, 6) is 0.203. The number of likely N-dealkylation sites (tertiary alicyclic amines) is 1. The first kappa shape index (κ1) is 14.3. The van der Waals surface area contributed by atoms with Crippen molar-refractivity contribution in [3.05, 3.63) is 57.3 Å². The van der Waals surface area contributed by atoms with Crippen LogP contribution in [-0.2, 0) is 6.42 Å². The second-order valence-corrected chi connectivity index (χ2v) is 6.87. The van der Waals surface area contributed by atoms with Crippen LogP contribution < -0.4 is 0 Å². The molecule has 110 valence electrons. The van der Waals surface area contributed by atoms with Crippen molar-refractivity contribution < 1.29 is 4.79 Å². The van der Waals surface area contributed by atoms with Crippen molar-refractivity contribution >= 4 is 17.2 Å². The summed E-state index contributed by atoms with van der Waals surface area (Å²) >= 11 is 1.64. The Bertz CT molecular complexity index is 632. The maximum absolute atomic E-state index is 12.8. The van der Waals surface area contributed by atoms with E-state index in [0.717, 1.165) is 30.7 Å². The summed E-state index contributed by atoms with van der Waals surface area (Å²) in [4.78, 5) is 17.1. The Balaban J connectivity index is 1.86. The number of hydrogen-bond acceptors (Lipinski definition) is 2. The Morgan fingerprint density at radius 2 is 2.10 bits per heavy atom. The summed E-state index contributed by atoms with van der Waals surface area (Å²) in [7, 11) is 0. The molecule has 2 nitrogen and oxygen atoms in total. The summed E-state index contributed by atoms with van der Waals surface area (Å²) < 4.78 is 0. The lowest BCUT2D eigenvalue weighted by molar-refractivity contribution is 0.0740. The van der Waals surface area contributed by atoms with Crippen molar-refractivity contribution in [2.24, 2.45) is 0 Å². The third kappa shape index (κ3) is 2.75. The van der Waals surface area contributed by atoms with Gasteiger partial charge in [-0.3, -0.25) is 4.79 Å². The summed E-state index contributed by atoms with van der Waals surface area (Å²) in [5.41, 5.74) is 2.56. The number of aryl methyl sites for hydroxylation is 2. The number of thiophene rings is 1. The van der Waals surface area contributed by atoms with Crippen molar-refractivity contribution in [1.82, 2.24) is 4.90 Å². The second kappa shape index (κ2) is 6.02. The Morgan fingerprint density at radius 1 is 1.33 bits per heavy atom. The highest BCUT2D eigenvalue weighted by Crippen LogP contribution is 2.34. The quantitative estimate of drug-likeness (QED) is 0.811. The molecule has 1 aliphatic heterocycles. The van der Waals surface area contributed by atoms with E-state index in [1.165, 1.54) is 16.0 Å². The average molecular weight is 299 g/mol. The first-order valence-corrected chi connectivity index (χ1v) is 8.47. The first-order valence-electron chi connectivity index (χ1n) is 7.66. The van der Waals surface area contributed by atoms with E-state index in [-0.39, 0.29) is 11.9 Å². The fraction of sp³-hybridized carbons (Fsp3) is 0.389. The summed E-state index contributed by atoms with van der Waals surface area (Å²) in [6.07, 6.45) is 3.16. The van der Waals surface area contributed by atoms with Crippen LogP contribution >= 0.6 is 11.3 Å². The van der Waals surface area contributed by atoms with Gasteiger partial charge in [0.05, 0.1) is 10.9 Å². The number of amides is 1. The van der Waals surface area contributed by atoms with Crippen LogP contribution in [0.5, 0.6) is 0 Å². The van der Waals surface area contributed by atoms with Crippen LogP contribution in [0.4, 0.5) is 0 Å². The molecular weight excluding hydrogens is 278 g/mol. The maximum Gasteiger partial charge on any atom is 0.264 e. The maximum atomic E-state index is 12.8. The zero-order valence-electron chi connectivity index (χ0n) is 12.6. The molecule has 1 aliphatic rings. The predicted molar refractivity (Wildman–Crippen MR) is 87.9 cm³/mol. The molecule has 1 amide bonds. The Kier molecular flexibility index (Phi) is 4.11. The molecule has 1 saturated heterocycles. The predicted octanol–water partition coefficient (Wildman–Crippen LogP) is 4.60. The van der Waals surface area contributed by atoms with Gasteiger partial charge in [0, 0.05) is 11.4 Å². The van der Waals surface area contributed by atoms with E-state index in [4.69, 9.17) is 0 Å². The van der Waals surface area contributed by atoms with E-state index >= 15 is 0 Å². The van der Waals surface area contributed by atoms with E-state index in [1.807, 2.05) is 6.07 Å². The van der Waals surface area contributed by atoms with Crippen LogP contribution in [0, 0.1) is 6.92 Å². The van der Waals surface area contributed by atoms with Gasteiger partial charge in [0.15, 0.2) is 0 Å². The van der Waals surface area contributed by atoms with Gasteiger partial charge in [0.2, 0.25) is 0 Å². The van der Waals surface area contributed by atoms with E-state index < -0.39 is 0 Å². The van der Waals surface area contributed by atoms with Crippen molar-refractivity contribution in [2.75, 3.05) is 6.54 Å². The van der Waals surface area contributed by atoms with Gasteiger partial charge in [-0.05, 0) is 43.4 Å². The van der Waals surface area contributed by atoms with Crippen molar-refractivity contribution in [3.8, 4) is 0 Å². The lowest BCUT2D eigenvalue weighted by atomic mass is 10.0.